The van der Waals surface area contributed by atoms with Crippen molar-refractivity contribution in [3.05, 3.63) is 81.7 Å². The van der Waals surface area contributed by atoms with Gasteiger partial charge in [0.2, 0.25) is 0 Å². The first kappa shape index (κ1) is 18.7. The summed E-state index contributed by atoms with van der Waals surface area (Å²) >= 11 is 7.93. The molecule has 0 atom stereocenters. The fourth-order valence-electron chi connectivity index (χ4n) is 3.28. The van der Waals surface area contributed by atoms with Crippen LogP contribution in [-0.2, 0) is 6.42 Å². The second-order valence-electron chi connectivity index (χ2n) is 6.57. The summed E-state index contributed by atoms with van der Waals surface area (Å²) in [6.45, 7) is 4.01. The van der Waals surface area contributed by atoms with E-state index in [9.17, 15) is 4.79 Å². The summed E-state index contributed by atoms with van der Waals surface area (Å²) in [5.41, 5.74) is 4.95. The molecule has 4 rings (SSSR count). The van der Waals surface area contributed by atoms with Crippen LogP contribution in [0, 0.1) is 6.92 Å². The number of thiophene rings is 1. The van der Waals surface area contributed by atoms with Gasteiger partial charge in [0, 0.05) is 16.1 Å². The van der Waals surface area contributed by atoms with Crippen molar-refractivity contribution >= 4 is 45.4 Å². The minimum absolute atomic E-state index is 0.146. The minimum atomic E-state index is -0.146. The molecular formula is C23H19ClN2OS. The number of aryl methyl sites for hydroxylation is 2. The van der Waals surface area contributed by atoms with Crippen LogP contribution in [0.15, 0.2) is 60.0 Å². The number of fused-ring (bicyclic) bond motifs is 1. The maximum atomic E-state index is 13.2. The fraction of sp³-hybridized carbons (Fsp3) is 0.130. The Morgan fingerprint density at radius 2 is 1.96 bits per heavy atom. The van der Waals surface area contributed by atoms with Crippen molar-refractivity contribution in [3.63, 3.8) is 0 Å². The molecule has 0 bridgehead atoms. The number of aromatic nitrogens is 1. The van der Waals surface area contributed by atoms with Crippen molar-refractivity contribution in [2.45, 2.75) is 20.3 Å². The molecule has 0 saturated heterocycles. The summed E-state index contributed by atoms with van der Waals surface area (Å²) < 4.78 is 0. The van der Waals surface area contributed by atoms with Crippen LogP contribution in [0.4, 0.5) is 5.69 Å². The van der Waals surface area contributed by atoms with Crippen molar-refractivity contribution in [3.8, 4) is 10.6 Å². The van der Waals surface area contributed by atoms with E-state index in [1.165, 1.54) is 0 Å². The van der Waals surface area contributed by atoms with Crippen molar-refractivity contribution < 1.29 is 4.79 Å². The lowest BCUT2D eigenvalue weighted by molar-refractivity contribution is 0.102. The molecule has 0 aliphatic rings. The zero-order chi connectivity index (χ0) is 19.7. The van der Waals surface area contributed by atoms with Gasteiger partial charge in [0.1, 0.15) is 0 Å². The van der Waals surface area contributed by atoms with E-state index in [-0.39, 0.29) is 5.91 Å². The molecule has 1 amide bonds. The molecule has 28 heavy (non-hydrogen) atoms. The Morgan fingerprint density at radius 3 is 2.71 bits per heavy atom. The highest BCUT2D eigenvalue weighted by Gasteiger charge is 2.17. The van der Waals surface area contributed by atoms with Crippen LogP contribution in [0.3, 0.4) is 0 Å². The Balaban J connectivity index is 1.87. The Labute approximate surface area is 173 Å². The number of amides is 1. The van der Waals surface area contributed by atoms with E-state index < -0.39 is 0 Å². The smallest absolute Gasteiger partial charge is 0.256 e. The number of rotatable bonds is 4. The molecule has 0 saturated carbocycles. The lowest BCUT2D eigenvalue weighted by atomic mass is 10.0. The molecule has 0 aliphatic carbocycles. The van der Waals surface area contributed by atoms with Crippen LogP contribution in [-0.4, -0.2) is 10.9 Å². The third-order valence-electron chi connectivity index (χ3n) is 4.83. The largest absolute Gasteiger partial charge is 0.322 e. The van der Waals surface area contributed by atoms with Gasteiger partial charge in [-0.15, -0.1) is 11.3 Å². The number of para-hydroxylation sites is 1. The maximum Gasteiger partial charge on any atom is 0.256 e. The molecule has 0 unspecified atom stereocenters. The molecule has 2 aromatic carbocycles. The average molecular weight is 407 g/mol. The van der Waals surface area contributed by atoms with Crippen LogP contribution >= 0.6 is 22.9 Å². The second kappa shape index (κ2) is 7.74. The van der Waals surface area contributed by atoms with E-state index in [1.807, 2.05) is 66.9 Å². The quantitative estimate of drug-likeness (QED) is 0.407. The van der Waals surface area contributed by atoms with E-state index in [1.54, 1.807) is 11.3 Å². The van der Waals surface area contributed by atoms with Crippen molar-refractivity contribution in [2.24, 2.45) is 0 Å². The first-order valence-corrected chi connectivity index (χ1v) is 10.4. The van der Waals surface area contributed by atoms with Gasteiger partial charge in [-0.3, -0.25) is 4.79 Å². The molecule has 0 radical (unpaired) electrons. The van der Waals surface area contributed by atoms with Crippen LogP contribution in [0.2, 0.25) is 5.02 Å². The number of carbonyl (C=O) groups is 1. The highest BCUT2D eigenvalue weighted by molar-refractivity contribution is 7.13. The third kappa shape index (κ3) is 3.41. The molecule has 140 valence electrons. The highest BCUT2D eigenvalue weighted by atomic mass is 35.5. The molecule has 0 aliphatic heterocycles. The van der Waals surface area contributed by atoms with Gasteiger partial charge in [0.05, 0.1) is 21.7 Å². The molecular weight excluding hydrogens is 388 g/mol. The van der Waals surface area contributed by atoms with E-state index >= 15 is 0 Å². The minimum Gasteiger partial charge on any atom is -0.322 e. The molecule has 2 aromatic heterocycles. The number of pyridine rings is 1. The second-order valence-corrected chi connectivity index (χ2v) is 7.92. The predicted octanol–water partition coefficient (Wildman–Crippen LogP) is 6.74. The number of benzene rings is 2. The molecule has 1 N–H and O–H groups in total. The monoisotopic (exact) mass is 406 g/mol. The maximum absolute atomic E-state index is 13.2. The van der Waals surface area contributed by atoms with E-state index in [2.05, 4.69) is 12.2 Å². The van der Waals surface area contributed by atoms with Gasteiger partial charge in [0.25, 0.3) is 5.91 Å². The first-order chi connectivity index (χ1) is 13.6. The zero-order valence-corrected chi connectivity index (χ0v) is 17.2. The molecule has 4 aromatic rings. The summed E-state index contributed by atoms with van der Waals surface area (Å²) in [4.78, 5) is 19.1. The summed E-state index contributed by atoms with van der Waals surface area (Å²) in [6.07, 6.45) is 0.850. The predicted molar refractivity (Wildman–Crippen MR) is 119 cm³/mol. The van der Waals surface area contributed by atoms with Gasteiger partial charge < -0.3 is 5.32 Å². The Kier molecular flexibility index (Phi) is 5.16. The Morgan fingerprint density at radius 1 is 1.14 bits per heavy atom. The number of carbonyl (C=O) groups excluding carboxylic acids is 1. The lowest BCUT2D eigenvalue weighted by Crippen LogP contribution is -2.14. The van der Waals surface area contributed by atoms with Gasteiger partial charge >= 0.3 is 0 Å². The first-order valence-electron chi connectivity index (χ1n) is 9.11. The summed E-state index contributed by atoms with van der Waals surface area (Å²) in [5, 5.41) is 6.53. The SMILES string of the molecule is CCc1ccccc1NC(=O)c1cc(-c2cccs2)nc2c(C)c(Cl)ccc12. The van der Waals surface area contributed by atoms with Gasteiger partial charge in [-0.1, -0.05) is 48.9 Å². The van der Waals surface area contributed by atoms with Crippen LogP contribution in [0.5, 0.6) is 0 Å². The number of anilines is 1. The average Bonchev–Trinajstić information content (AvgIpc) is 3.25. The van der Waals surface area contributed by atoms with Crippen molar-refractivity contribution in [1.29, 1.82) is 0 Å². The van der Waals surface area contributed by atoms with Gasteiger partial charge in [0.15, 0.2) is 0 Å². The van der Waals surface area contributed by atoms with Crippen molar-refractivity contribution in [1.82, 2.24) is 4.98 Å². The van der Waals surface area contributed by atoms with Crippen LogP contribution < -0.4 is 5.32 Å². The highest BCUT2D eigenvalue weighted by Crippen LogP contribution is 2.32. The molecule has 0 fully saturated rings. The van der Waals surface area contributed by atoms with Crippen LogP contribution in [0.1, 0.15) is 28.4 Å². The van der Waals surface area contributed by atoms with Crippen LogP contribution in [0.25, 0.3) is 21.5 Å². The third-order valence-corrected chi connectivity index (χ3v) is 6.13. The molecule has 3 nitrogen and oxygen atoms in total. The molecule has 0 spiro atoms. The Hall–Kier alpha value is -2.69. The standard InChI is InChI=1S/C23H19ClN2OS/c1-3-15-7-4-5-8-19(15)26-23(27)17-13-20(21-9-6-12-28-21)25-22-14(2)18(24)11-10-16(17)22/h4-13H,3H2,1-2H3,(H,26,27). The number of halogens is 1. The number of nitrogens with one attached hydrogen (secondary N) is 1. The number of nitrogens with zero attached hydrogens (tertiary/aromatic N) is 1. The summed E-state index contributed by atoms with van der Waals surface area (Å²) in [7, 11) is 0. The topological polar surface area (TPSA) is 42.0 Å². The summed E-state index contributed by atoms with van der Waals surface area (Å²) in [6, 6.07) is 17.4. The number of hydrogen-bond donors (Lipinski definition) is 1. The molecule has 5 heteroatoms. The van der Waals surface area contributed by atoms with Crippen molar-refractivity contribution in [2.75, 3.05) is 5.32 Å². The zero-order valence-electron chi connectivity index (χ0n) is 15.6. The van der Waals surface area contributed by atoms with E-state index in [0.717, 1.165) is 44.7 Å². The van der Waals surface area contributed by atoms with E-state index in [4.69, 9.17) is 16.6 Å². The normalized spacial score (nSPS) is 11.0. The summed E-state index contributed by atoms with van der Waals surface area (Å²) in [5.74, 6) is -0.146. The lowest BCUT2D eigenvalue weighted by Gasteiger charge is -2.13. The van der Waals surface area contributed by atoms with Gasteiger partial charge in [-0.05, 0) is 54.1 Å². The van der Waals surface area contributed by atoms with Gasteiger partial charge in [-0.25, -0.2) is 4.98 Å². The number of hydrogen-bond acceptors (Lipinski definition) is 3. The Bertz CT molecular complexity index is 1170. The van der Waals surface area contributed by atoms with Gasteiger partial charge in [-0.2, -0.15) is 0 Å². The molecule has 2 heterocycles. The van der Waals surface area contributed by atoms with E-state index in [0.29, 0.717) is 10.6 Å². The fourth-order valence-corrected chi connectivity index (χ4v) is 4.12.